The number of aliphatic hydroxyl groups excluding tert-OH is 1. The molecule has 0 aliphatic rings. The molecule has 2 rings (SSSR count). The first-order valence-corrected chi connectivity index (χ1v) is 7.98. The smallest absolute Gasteiger partial charge is 0.124 e. The molecule has 1 heterocycles. The Balaban J connectivity index is 2.29. The number of rotatable bonds is 4. The molecule has 0 atom stereocenters. The topological polar surface area (TPSA) is 33.1 Å². The van der Waals surface area contributed by atoms with Gasteiger partial charge in [-0.2, -0.15) is 0 Å². The van der Waals surface area contributed by atoms with Crippen LogP contribution in [-0.2, 0) is 6.42 Å². The maximum atomic E-state index is 8.95. The average Bonchev–Trinajstić information content (AvgIpc) is 2.72. The second-order valence-electron chi connectivity index (χ2n) is 3.44. The average molecular weight is 330 g/mol. The summed E-state index contributed by atoms with van der Waals surface area (Å²) in [7, 11) is 0. The predicted molar refractivity (Wildman–Crippen MR) is 77.8 cm³/mol. The monoisotopic (exact) mass is 329 g/mol. The van der Waals surface area contributed by atoms with Gasteiger partial charge in [-0.05, 0) is 34.3 Å². The molecule has 1 aromatic carbocycles. The highest BCUT2D eigenvalue weighted by atomic mass is 79.9. The van der Waals surface area contributed by atoms with Gasteiger partial charge in [0.25, 0.3) is 0 Å². The number of halogens is 1. The van der Waals surface area contributed by atoms with E-state index in [1.807, 2.05) is 0 Å². The standard InChI is InChI=1S/C12H12BrNOS2/c1-16-9-4-2-8(3-5-9)12-14-11(13)10(17-12)6-7-15/h2-5,15H,6-7H2,1H3. The number of benzene rings is 1. The van der Waals surface area contributed by atoms with Gasteiger partial charge in [-0.1, -0.05) is 12.1 Å². The van der Waals surface area contributed by atoms with E-state index in [9.17, 15) is 0 Å². The van der Waals surface area contributed by atoms with E-state index in [-0.39, 0.29) is 6.61 Å². The van der Waals surface area contributed by atoms with Crippen molar-refractivity contribution in [3.8, 4) is 10.6 Å². The molecule has 0 bridgehead atoms. The van der Waals surface area contributed by atoms with Crippen LogP contribution in [0.5, 0.6) is 0 Å². The third kappa shape index (κ3) is 3.10. The first-order chi connectivity index (χ1) is 8.24. The first-order valence-electron chi connectivity index (χ1n) is 5.15. The van der Waals surface area contributed by atoms with Crippen LogP contribution in [0.3, 0.4) is 0 Å². The molecular formula is C12H12BrNOS2. The minimum absolute atomic E-state index is 0.158. The van der Waals surface area contributed by atoms with Crippen molar-refractivity contribution in [2.24, 2.45) is 0 Å². The molecule has 0 aliphatic carbocycles. The number of nitrogens with zero attached hydrogens (tertiary/aromatic N) is 1. The molecule has 1 aromatic heterocycles. The maximum Gasteiger partial charge on any atom is 0.124 e. The highest BCUT2D eigenvalue weighted by Crippen LogP contribution is 2.32. The molecule has 1 N–H and O–H groups in total. The highest BCUT2D eigenvalue weighted by molar-refractivity contribution is 9.10. The Hall–Kier alpha value is -0.360. The van der Waals surface area contributed by atoms with E-state index < -0.39 is 0 Å². The molecule has 17 heavy (non-hydrogen) atoms. The van der Waals surface area contributed by atoms with Crippen molar-refractivity contribution >= 4 is 39.0 Å². The lowest BCUT2D eigenvalue weighted by atomic mass is 10.2. The Morgan fingerprint density at radius 1 is 1.35 bits per heavy atom. The van der Waals surface area contributed by atoms with Crippen molar-refractivity contribution in [2.75, 3.05) is 12.9 Å². The minimum atomic E-state index is 0.158. The van der Waals surface area contributed by atoms with Gasteiger partial charge >= 0.3 is 0 Å². The van der Waals surface area contributed by atoms with E-state index in [4.69, 9.17) is 5.11 Å². The summed E-state index contributed by atoms with van der Waals surface area (Å²) >= 11 is 6.78. The Morgan fingerprint density at radius 3 is 2.65 bits per heavy atom. The lowest BCUT2D eigenvalue weighted by molar-refractivity contribution is 0.300. The van der Waals surface area contributed by atoms with Crippen LogP contribution in [0.1, 0.15) is 4.88 Å². The number of aromatic nitrogens is 1. The molecule has 0 spiro atoms. The summed E-state index contributed by atoms with van der Waals surface area (Å²) in [5.74, 6) is 0. The van der Waals surface area contributed by atoms with Crippen molar-refractivity contribution in [3.63, 3.8) is 0 Å². The van der Waals surface area contributed by atoms with Gasteiger partial charge in [-0.3, -0.25) is 0 Å². The van der Waals surface area contributed by atoms with Crippen LogP contribution in [0.2, 0.25) is 0 Å². The van der Waals surface area contributed by atoms with Gasteiger partial charge in [-0.15, -0.1) is 23.1 Å². The van der Waals surface area contributed by atoms with Crippen LogP contribution in [0.15, 0.2) is 33.8 Å². The van der Waals surface area contributed by atoms with Crippen molar-refractivity contribution in [1.82, 2.24) is 4.98 Å². The molecule has 0 saturated carbocycles. The summed E-state index contributed by atoms with van der Waals surface area (Å²) in [6.45, 7) is 0.158. The quantitative estimate of drug-likeness (QED) is 0.865. The summed E-state index contributed by atoms with van der Waals surface area (Å²) in [5, 5.41) is 9.94. The van der Waals surface area contributed by atoms with E-state index in [1.165, 1.54) is 4.90 Å². The van der Waals surface area contributed by atoms with Crippen LogP contribution in [0.25, 0.3) is 10.6 Å². The fourth-order valence-corrected chi connectivity index (χ4v) is 3.54. The summed E-state index contributed by atoms with van der Waals surface area (Å²) in [6, 6.07) is 8.36. The molecule has 90 valence electrons. The van der Waals surface area contributed by atoms with Crippen molar-refractivity contribution in [3.05, 3.63) is 33.7 Å². The van der Waals surface area contributed by atoms with E-state index in [0.717, 1.165) is 20.1 Å². The Kier molecular flexibility index (Phi) is 4.62. The van der Waals surface area contributed by atoms with Crippen LogP contribution < -0.4 is 0 Å². The highest BCUT2D eigenvalue weighted by Gasteiger charge is 2.09. The summed E-state index contributed by atoms with van der Waals surface area (Å²) in [4.78, 5) is 6.82. The molecule has 0 aliphatic heterocycles. The zero-order chi connectivity index (χ0) is 12.3. The Morgan fingerprint density at radius 2 is 2.06 bits per heavy atom. The molecule has 5 heteroatoms. The fourth-order valence-electron chi connectivity index (χ4n) is 1.45. The first kappa shape index (κ1) is 13.1. The third-order valence-electron chi connectivity index (χ3n) is 2.33. The van der Waals surface area contributed by atoms with Gasteiger partial charge in [-0.25, -0.2) is 4.98 Å². The van der Waals surface area contributed by atoms with Gasteiger partial charge in [0.05, 0.1) is 0 Å². The maximum absolute atomic E-state index is 8.95. The second kappa shape index (κ2) is 6.00. The van der Waals surface area contributed by atoms with Crippen LogP contribution in [0.4, 0.5) is 0 Å². The second-order valence-corrected chi connectivity index (χ2v) is 6.15. The zero-order valence-electron chi connectivity index (χ0n) is 9.31. The molecule has 2 aromatic rings. The minimum Gasteiger partial charge on any atom is -0.396 e. The molecule has 0 saturated heterocycles. The summed E-state index contributed by atoms with van der Waals surface area (Å²) in [6.07, 6.45) is 2.72. The molecule has 0 amide bonds. The largest absolute Gasteiger partial charge is 0.396 e. The van der Waals surface area contributed by atoms with Crippen molar-refractivity contribution < 1.29 is 5.11 Å². The third-order valence-corrected chi connectivity index (χ3v) is 5.15. The molecular weight excluding hydrogens is 318 g/mol. The zero-order valence-corrected chi connectivity index (χ0v) is 12.5. The number of hydrogen-bond donors (Lipinski definition) is 1. The fraction of sp³-hybridized carbons (Fsp3) is 0.250. The van der Waals surface area contributed by atoms with Crippen LogP contribution >= 0.6 is 39.0 Å². The molecule has 2 nitrogen and oxygen atoms in total. The lowest BCUT2D eigenvalue weighted by Crippen LogP contribution is -1.86. The number of aliphatic hydroxyl groups is 1. The number of hydrogen-bond acceptors (Lipinski definition) is 4. The van der Waals surface area contributed by atoms with Crippen molar-refractivity contribution in [1.29, 1.82) is 0 Å². The lowest BCUT2D eigenvalue weighted by Gasteiger charge is -1.98. The molecule has 0 unspecified atom stereocenters. The van der Waals surface area contributed by atoms with Crippen LogP contribution in [0, 0.1) is 0 Å². The Bertz CT molecular complexity index is 496. The number of thiazole rings is 1. The van der Waals surface area contributed by atoms with Crippen LogP contribution in [-0.4, -0.2) is 23.0 Å². The van der Waals surface area contributed by atoms with E-state index in [1.54, 1.807) is 23.1 Å². The normalized spacial score (nSPS) is 10.8. The van der Waals surface area contributed by atoms with Gasteiger partial charge in [0.1, 0.15) is 9.61 Å². The van der Waals surface area contributed by atoms with Crippen molar-refractivity contribution in [2.45, 2.75) is 11.3 Å². The Labute approximate surface area is 117 Å². The van der Waals surface area contributed by atoms with Gasteiger partial charge < -0.3 is 5.11 Å². The van der Waals surface area contributed by atoms with Gasteiger partial charge in [0.15, 0.2) is 0 Å². The molecule has 0 fully saturated rings. The van der Waals surface area contributed by atoms with Gasteiger partial charge in [0, 0.05) is 28.4 Å². The van der Waals surface area contributed by atoms with Gasteiger partial charge in [0.2, 0.25) is 0 Å². The summed E-state index contributed by atoms with van der Waals surface area (Å²) < 4.78 is 0.848. The van der Waals surface area contributed by atoms with E-state index in [2.05, 4.69) is 51.4 Å². The van der Waals surface area contributed by atoms with E-state index >= 15 is 0 Å². The SMILES string of the molecule is CSc1ccc(-c2nc(Br)c(CCO)s2)cc1. The summed E-state index contributed by atoms with van der Waals surface area (Å²) in [5.41, 5.74) is 1.12. The predicted octanol–water partition coefficient (Wildman–Crippen LogP) is 3.83. The number of thioether (sulfide) groups is 1. The van der Waals surface area contributed by atoms with E-state index in [0.29, 0.717) is 6.42 Å². The molecule has 0 radical (unpaired) electrons.